The minimum atomic E-state index is -1.18. The minimum Gasteiger partial charge on any atom is -0.477 e. The molecule has 4 aliphatic heterocycles. The van der Waals surface area contributed by atoms with Crippen LogP contribution in [-0.2, 0) is 49.5 Å². The number of ketones is 1. The number of carbonyl (C=O) groups is 7. The number of nitrogens with zero attached hydrogens (tertiary/aromatic N) is 4. The zero-order valence-corrected chi connectivity index (χ0v) is 36.9. The summed E-state index contributed by atoms with van der Waals surface area (Å²) in [5.41, 5.74) is 0.0414. The average Bonchev–Trinajstić information content (AvgIpc) is 3.80. The standard InChI is InChI=1S/C43H62N6O11S/c1-7-43(4,5)37(52)40(55)48-19-9-8-13-31(48)42(58)60-28(15-14-27-12-10-16-44-21-27)23-59-24-32(51)45-17-11-18-47(6)38(53)30-20-29(22-46-30)61-36-25(2)34-33(26(3)50)39(54)49(34)35(36)41(56)57/h10,12,16,21,25-26,28-31,33-34,46,50H,7-9,11,13-15,17-20,22-24H2,1-6H3,(H,45,51)(H,56,57)/t25-,26-,28-,29+,30+,31+,33-,34-/m1/s1. The molecule has 0 spiro atoms. The lowest BCUT2D eigenvalue weighted by Gasteiger charge is -2.46. The van der Waals surface area contributed by atoms with Gasteiger partial charge in [0, 0.05) is 67.1 Å². The summed E-state index contributed by atoms with van der Waals surface area (Å²) in [6, 6.07) is 1.95. The number of aliphatic hydroxyl groups excluding tert-OH is 1. The lowest BCUT2D eigenvalue weighted by Crippen LogP contribution is -2.63. The highest BCUT2D eigenvalue weighted by Crippen LogP contribution is 2.51. The molecule has 17 nitrogen and oxygen atoms in total. The van der Waals surface area contributed by atoms with Crippen molar-refractivity contribution in [2.24, 2.45) is 17.3 Å². The van der Waals surface area contributed by atoms with E-state index in [4.69, 9.17) is 9.47 Å². The van der Waals surface area contributed by atoms with Gasteiger partial charge in [-0.1, -0.05) is 33.8 Å². The van der Waals surface area contributed by atoms with Gasteiger partial charge < -0.3 is 45.0 Å². The maximum Gasteiger partial charge on any atom is 0.353 e. The van der Waals surface area contributed by atoms with E-state index in [2.05, 4.69) is 15.6 Å². The van der Waals surface area contributed by atoms with E-state index in [1.54, 1.807) is 45.1 Å². The van der Waals surface area contributed by atoms with Crippen LogP contribution in [-0.4, -0.2) is 153 Å². The number of Topliss-reactive ketones (excluding diaryl/α,β-unsaturated/α-hetero) is 1. The molecule has 18 heteroatoms. The first-order valence-electron chi connectivity index (χ1n) is 21.4. The van der Waals surface area contributed by atoms with Crippen LogP contribution in [0.25, 0.3) is 0 Å². The molecule has 1 aromatic heterocycles. The number of rotatable bonds is 21. The van der Waals surface area contributed by atoms with Crippen LogP contribution in [0.2, 0.25) is 0 Å². The molecule has 0 aliphatic carbocycles. The van der Waals surface area contributed by atoms with E-state index in [0.717, 1.165) is 5.56 Å². The summed E-state index contributed by atoms with van der Waals surface area (Å²) in [7, 11) is 1.69. The highest BCUT2D eigenvalue weighted by atomic mass is 32.2. The molecule has 3 fully saturated rings. The van der Waals surface area contributed by atoms with E-state index in [-0.39, 0.29) is 60.9 Å². The van der Waals surface area contributed by atoms with Gasteiger partial charge in [-0.25, -0.2) is 9.59 Å². The molecule has 0 unspecified atom stereocenters. The summed E-state index contributed by atoms with van der Waals surface area (Å²) in [5, 5.41) is 26.1. The fraction of sp³-hybridized carbons (Fsp3) is 0.674. The predicted octanol–water partition coefficient (Wildman–Crippen LogP) is 1.91. The van der Waals surface area contributed by atoms with Gasteiger partial charge in [0.05, 0.1) is 30.7 Å². The highest BCUT2D eigenvalue weighted by Gasteiger charge is 2.60. The molecule has 5 heterocycles. The van der Waals surface area contributed by atoms with Crippen molar-refractivity contribution in [3.63, 3.8) is 0 Å². The first-order chi connectivity index (χ1) is 29.0. The quantitative estimate of drug-likeness (QED) is 0.0600. The van der Waals surface area contributed by atoms with Crippen LogP contribution >= 0.6 is 11.8 Å². The number of thioether (sulfide) groups is 1. The molecule has 61 heavy (non-hydrogen) atoms. The molecule has 0 saturated carbocycles. The molecule has 5 rings (SSSR count). The summed E-state index contributed by atoms with van der Waals surface area (Å²) in [5.74, 6) is -4.78. The Morgan fingerprint density at radius 3 is 2.61 bits per heavy atom. The first-order valence-corrected chi connectivity index (χ1v) is 22.3. The second kappa shape index (κ2) is 21.1. The van der Waals surface area contributed by atoms with Gasteiger partial charge in [0.15, 0.2) is 0 Å². The summed E-state index contributed by atoms with van der Waals surface area (Å²) < 4.78 is 11.7. The number of amides is 4. The lowest BCUT2D eigenvalue weighted by atomic mass is 9.79. The molecule has 4 aliphatic rings. The second-order valence-corrected chi connectivity index (χ2v) is 18.6. The fourth-order valence-corrected chi connectivity index (χ4v) is 9.87. The number of carboxylic acids is 1. The second-order valence-electron chi connectivity index (χ2n) is 17.2. The number of carboxylic acid groups (broad SMARTS) is 1. The van der Waals surface area contributed by atoms with Gasteiger partial charge in [0.25, 0.3) is 5.91 Å². The number of aliphatic hydroxyl groups is 1. The van der Waals surface area contributed by atoms with Crippen LogP contribution in [0, 0.1) is 17.3 Å². The third kappa shape index (κ3) is 11.4. The van der Waals surface area contributed by atoms with Crippen LogP contribution < -0.4 is 10.6 Å². The van der Waals surface area contributed by atoms with Crippen LogP contribution in [0.5, 0.6) is 0 Å². The summed E-state index contributed by atoms with van der Waals surface area (Å²) in [6.07, 6.45) is 5.85. The third-order valence-corrected chi connectivity index (χ3v) is 13.9. The number of ether oxygens (including phenoxy) is 2. The van der Waals surface area contributed by atoms with Crippen LogP contribution in [0.15, 0.2) is 35.1 Å². The summed E-state index contributed by atoms with van der Waals surface area (Å²) >= 11 is 1.38. The van der Waals surface area contributed by atoms with Gasteiger partial charge in [0.2, 0.25) is 23.5 Å². The molecular formula is C43H62N6O11S. The number of esters is 1. The van der Waals surface area contributed by atoms with Crippen molar-refractivity contribution in [2.75, 3.05) is 46.4 Å². The Hall–Kier alpha value is -4.39. The molecule has 336 valence electrons. The van der Waals surface area contributed by atoms with Crippen molar-refractivity contribution in [3.05, 3.63) is 40.7 Å². The zero-order chi connectivity index (χ0) is 44.6. The Balaban J connectivity index is 1.05. The van der Waals surface area contributed by atoms with E-state index in [0.29, 0.717) is 69.4 Å². The SMILES string of the molecule is CCC(C)(C)C(=O)C(=O)N1CCCC[C@H]1C(=O)O[C@H](CCc1cccnc1)COCC(=O)NCCCN(C)C(=O)[C@@H]1C[C@H](SC2=C(C(=O)O)N3C(=O)[C@H]([C@@H](C)O)[C@H]3[C@H]2C)CN1. The van der Waals surface area contributed by atoms with E-state index < -0.39 is 65.3 Å². The molecule has 0 aromatic carbocycles. The van der Waals surface area contributed by atoms with Crippen molar-refractivity contribution in [1.82, 2.24) is 30.3 Å². The number of piperidine rings is 1. The van der Waals surface area contributed by atoms with Crippen LogP contribution in [0.1, 0.15) is 85.1 Å². The minimum absolute atomic E-state index is 0.0326. The largest absolute Gasteiger partial charge is 0.477 e. The monoisotopic (exact) mass is 870 g/mol. The van der Waals surface area contributed by atoms with Crippen molar-refractivity contribution in [2.45, 2.75) is 122 Å². The number of likely N-dealkylation sites (tertiary alicyclic amines) is 1. The van der Waals surface area contributed by atoms with Gasteiger partial charge in [0.1, 0.15) is 24.4 Å². The number of hydrogen-bond donors (Lipinski definition) is 4. The van der Waals surface area contributed by atoms with E-state index in [9.17, 15) is 43.8 Å². The summed E-state index contributed by atoms with van der Waals surface area (Å²) in [6.45, 7) is 9.75. The number of fused-ring (bicyclic) bond motifs is 1. The van der Waals surface area contributed by atoms with Gasteiger partial charge in [-0.2, -0.15) is 0 Å². The third-order valence-electron chi connectivity index (χ3n) is 12.4. The molecule has 8 atom stereocenters. The predicted molar refractivity (Wildman–Crippen MR) is 224 cm³/mol. The smallest absolute Gasteiger partial charge is 0.353 e. The topological polar surface area (TPSA) is 225 Å². The zero-order valence-electron chi connectivity index (χ0n) is 36.1. The Bertz CT molecular complexity index is 1830. The van der Waals surface area contributed by atoms with Gasteiger partial charge in [-0.05, 0) is 69.9 Å². The number of likely N-dealkylation sites (N-methyl/N-ethyl adjacent to an activating group) is 1. The number of β-lactam (4-membered cyclic amide) rings is 1. The number of nitrogens with one attached hydrogen (secondary N) is 2. The van der Waals surface area contributed by atoms with Crippen LogP contribution in [0.4, 0.5) is 0 Å². The number of hydrogen-bond acceptors (Lipinski definition) is 13. The Morgan fingerprint density at radius 2 is 1.93 bits per heavy atom. The highest BCUT2D eigenvalue weighted by molar-refractivity contribution is 8.03. The first kappa shape index (κ1) is 47.7. The van der Waals surface area contributed by atoms with Crippen LogP contribution in [0.3, 0.4) is 0 Å². The maximum absolute atomic E-state index is 13.6. The molecule has 0 bridgehead atoms. The van der Waals surface area contributed by atoms with E-state index in [1.165, 1.54) is 21.6 Å². The van der Waals surface area contributed by atoms with Crippen molar-refractivity contribution in [1.29, 1.82) is 0 Å². The number of carbonyl (C=O) groups excluding carboxylic acids is 6. The van der Waals surface area contributed by atoms with Crippen molar-refractivity contribution in [3.8, 4) is 0 Å². The van der Waals surface area contributed by atoms with Gasteiger partial charge in [-0.15, -0.1) is 11.8 Å². The maximum atomic E-state index is 13.6. The molecule has 4 N–H and O–H groups in total. The number of aliphatic carboxylic acids is 1. The lowest BCUT2D eigenvalue weighted by molar-refractivity contribution is -0.166. The van der Waals surface area contributed by atoms with Crippen molar-refractivity contribution >= 4 is 53.1 Å². The van der Waals surface area contributed by atoms with E-state index >= 15 is 0 Å². The normalized spacial score (nSPS) is 24.7. The average molecular weight is 871 g/mol. The molecule has 0 radical (unpaired) electrons. The summed E-state index contributed by atoms with van der Waals surface area (Å²) in [4.78, 5) is 99.8. The molecule has 3 saturated heterocycles. The van der Waals surface area contributed by atoms with Gasteiger partial charge >= 0.3 is 11.9 Å². The molecule has 1 aromatic rings. The molecule has 4 amide bonds. The van der Waals surface area contributed by atoms with Crippen molar-refractivity contribution < 1.29 is 53.2 Å². The molecular weight excluding hydrogens is 809 g/mol. The van der Waals surface area contributed by atoms with E-state index in [1.807, 2.05) is 26.0 Å². The number of aromatic nitrogens is 1. The number of aryl methyl sites for hydroxylation is 1. The van der Waals surface area contributed by atoms with Gasteiger partial charge in [-0.3, -0.25) is 29.0 Å². The Labute approximate surface area is 361 Å². The number of pyridine rings is 1. The fourth-order valence-electron chi connectivity index (χ4n) is 8.39. The Kier molecular flexibility index (Phi) is 16.5. The Morgan fingerprint density at radius 1 is 1.18 bits per heavy atom.